The van der Waals surface area contributed by atoms with Crippen LogP contribution in [0.15, 0.2) is 0 Å². The van der Waals surface area contributed by atoms with Crippen LogP contribution < -0.4 is 11.5 Å². The van der Waals surface area contributed by atoms with Crippen molar-refractivity contribution in [3.63, 3.8) is 0 Å². The molecule has 2 amide bonds. The van der Waals surface area contributed by atoms with Crippen LogP contribution in [0.3, 0.4) is 0 Å². The Morgan fingerprint density at radius 3 is 0.500 bits per heavy atom. The van der Waals surface area contributed by atoms with E-state index in [1.54, 1.807) is 0 Å². The molecule has 0 fully saturated rings. The summed E-state index contributed by atoms with van der Waals surface area (Å²) in [6.45, 7) is 4.57. The van der Waals surface area contributed by atoms with Gasteiger partial charge in [0.2, 0.25) is 11.8 Å². The maximum absolute atomic E-state index is 10.6. The number of hydrogen-bond donors (Lipinski definition) is 2. The molecule has 0 saturated heterocycles. The Balaban J connectivity index is 0. The Hall–Kier alpha value is -1.06. The van der Waals surface area contributed by atoms with Gasteiger partial charge in [-0.2, -0.15) is 0 Å². The van der Waals surface area contributed by atoms with Gasteiger partial charge < -0.3 is 11.5 Å². The van der Waals surface area contributed by atoms with E-state index in [1.165, 1.54) is 231 Å². The summed E-state index contributed by atoms with van der Waals surface area (Å²) in [5.41, 5.74) is 10.3. The van der Waals surface area contributed by atoms with Crippen LogP contribution in [0.4, 0.5) is 0 Å². The smallest absolute Gasteiger partial charge is 0.217 e. The van der Waals surface area contributed by atoms with Gasteiger partial charge in [-0.05, 0) is 12.8 Å². The Kier molecular flexibility index (Phi) is 46.9. The first-order chi connectivity index (χ1) is 23.5. The van der Waals surface area contributed by atoms with Gasteiger partial charge in [0.05, 0.1) is 0 Å². The number of hydrogen-bond acceptors (Lipinski definition) is 2. The van der Waals surface area contributed by atoms with Crippen molar-refractivity contribution in [3.05, 3.63) is 0 Å². The van der Waals surface area contributed by atoms with Crippen LogP contribution in [-0.2, 0) is 9.59 Å². The predicted molar refractivity (Wildman–Crippen MR) is 214 cm³/mol. The second-order valence-electron chi connectivity index (χ2n) is 15.2. The van der Waals surface area contributed by atoms with Gasteiger partial charge in [0.25, 0.3) is 0 Å². The third-order valence-electron chi connectivity index (χ3n) is 10.1. The summed E-state index contributed by atoms with van der Waals surface area (Å²) in [4.78, 5) is 21.2. The monoisotopic (exact) mass is 679 g/mol. The largest absolute Gasteiger partial charge is 0.370 e. The van der Waals surface area contributed by atoms with Crippen molar-refractivity contribution < 1.29 is 9.59 Å². The van der Waals surface area contributed by atoms with E-state index in [-0.39, 0.29) is 11.8 Å². The van der Waals surface area contributed by atoms with Crippen LogP contribution in [0.1, 0.15) is 271 Å². The molecular formula is C44H90N2O2. The minimum absolute atomic E-state index is 0.151. The number of nitrogens with two attached hydrogens (primary N) is 2. The van der Waals surface area contributed by atoms with Crippen molar-refractivity contribution in [2.75, 3.05) is 0 Å². The van der Waals surface area contributed by atoms with E-state index in [9.17, 15) is 9.59 Å². The van der Waals surface area contributed by atoms with Gasteiger partial charge in [0, 0.05) is 12.8 Å². The molecule has 0 atom stereocenters. The average molecular weight is 679 g/mol. The minimum atomic E-state index is -0.151. The minimum Gasteiger partial charge on any atom is -0.370 e. The molecule has 0 unspecified atom stereocenters. The molecule has 288 valence electrons. The normalized spacial score (nSPS) is 11.0. The third kappa shape index (κ3) is 51.8. The van der Waals surface area contributed by atoms with E-state index >= 15 is 0 Å². The van der Waals surface area contributed by atoms with Crippen molar-refractivity contribution in [2.24, 2.45) is 11.5 Å². The van der Waals surface area contributed by atoms with Gasteiger partial charge in [-0.25, -0.2) is 0 Å². The molecule has 0 bridgehead atoms. The summed E-state index contributed by atoms with van der Waals surface area (Å²) in [5, 5.41) is 0. The summed E-state index contributed by atoms with van der Waals surface area (Å²) < 4.78 is 0. The van der Waals surface area contributed by atoms with Crippen LogP contribution in [0.2, 0.25) is 0 Å². The molecule has 0 saturated carbocycles. The van der Waals surface area contributed by atoms with Gasteiger partial charge in [0.15, 0.2) is 0 Å². The van der Waals surface area contributed by atoms with Crippen LogP contribution in [-0.4, -0.2) is 11.8 Å². The lowest BCUT2D eigenvalue weighted by atomic mass is 10.0. The zero-order chi connectivity index (χ0) is 35.4. The standard InChI is InChI=1S/2C22H45NO/c2*1-2-3-4-5-6-7-8-9-10-11-12-13-14-15-16-17-18-19-20-21-22(23)24/h2*2-21H2,1H3,(H2,23,24). The molecule has 4 nitrogen and oxygen atoms in total. The van der Waals surface area contributed by atoms with Gasteiger partial charge in [-0.15, -0.1) is 0 Å². The van der Waals surface area contributed by atoms with E-state index in [0.29, 0.717) is 12.8 Å². The Labute approximate surface area is 302 Å². The third-order valence-corrected chi connectivity index (χ3v) is 10.1. The molecule has 0 rings (SSSR count). The highest BCUT2D eigenvalue weighted by atomic mass is 16.1. The summed E-state index contributed by atoms with van der Waals surface area (Å²) >= 11 is 0. The molecule has 4 heteroatoms. The molecule has 0 aromatic carbocycles. The van der Waals surface area contributed by atoms with Crippen molar-refractivity contribution >= 4 is 11.8 Å². The number of carbonyl (C=O) groups excluding carboxylic acids is 2. The zero-order valence-electron chi connectivity index (χ0n) is 33.3. The van der Waals surface area contributed by atoms with E-state index in [1.807, 2.05) is 0 Å². The fourth-order valence-corrected chi connectivity index (χ4v) is 6.76. The maximum atomic E-state index is 10.6. The van der Waals surface area contributed by atoms with Crippen molar-refractivity contribution in [3.8, 4) is 0 Å². The highest BCUT2D eigenvalue weighted by Gasteiger charge is 1.98. The molecule has 4 N–H and O–H groups in total. The Morgan fingerprint density at radius 2 is 0.375 bits per heavy atom. The van der Waals surface area contributed by atoms with Crippen molar-refractivity contribution in [2.45, 2.75) is 271 Å². The lowest BCUT2D eigenvalue weighted by Crippen LogP contribution is -2.09. The zero-order valence-corrected chi connectivity index (χ0v) is 33.3. The van der Waals surface area contributed by atoms with E-state index in [2.05, 4.69) is 13.8 Å². The summed E-state index contributed by atoms with van der Waals surface area (Å²) in [6.07, 6.45) is 53.6. The molecule has 0 aliphatic rings. The van der Waals surface area contributed by atoms with Gasteiger partial charge >= 0.3 is 0 Å². The Bertz CT molecular complexity index is 557. The van der Waals surface area contributed by atoms with Crippen molar-refractivity contribution in [1.82, 2.24) is 0 Å². The number of amides is 2. The first-order valence-electron chi connectivity index (χ1n) is 22.1. The number of rotatable bonds is 40. The highest BCUT2D eigenvalue weighted by molar-refractivity contribution is 5.73. The van der Waals surface area contributed by atoms with Gasteiger partial charge in [-0.1, -0.05) is 245 Å². The highest BCUT2D eigenvalue weighted by Crippen LogP contribution is 2.16. The molecule has 0 aliphatic heterocycles. The SMILES string of the molecule is CCCCCCCCCCCCCCCCCCCCCC(N)=O.CCCCCCCCCCCCCCCCCCCCCC(N)=O. The Morgan fingerprint density at radius 1 is 0.250 bits per heavy atom. The van der Waals surface area contributed by atoms with E-state index in [4.69, 9.17) is 11.5 Å². The molecule has 0 aliphatic carbocycles. The number of carbonyl (C=O) groups is 2. The van der Waals surface area contributed by atoms with Gasteiger partial charge in [-0.3, -0.25) is 9.59 Å². The molecule has 0 radical (unpaired) electrons. The average Bonchev–Trinajstić information content (AvgIpc) is 3.07. The van der Waals surface area contributed by atoms with Crippen LogP contribution >= 0.6 is 0 Å². The summed E-state index contributed by atoms with van der Waals surface area (Å²) in [7, 11) is 0. The molecule has 0 aromatic heterocycles. The van der Waals surface area contributed by atoms with E-state index < -0.39 is 0 Å². The maximum Gasteiger partial charge on any atom is 0.217 e. The number of unbranched alkanes of at least 4 members (excludes halogenated alkanes) is 36. The van der Waals surface area contributed by atoms with Gasteiger partial charge in [0.1, 0.15) is 0 Å². The lowest BCUT2D eigenvalue weighted by molar-refractivity contribution is -0.119. The first-order valence-corrected chi connectivity index (χ1v) is 22.1. The molecular weight excluding hydrogens is 588 g/mol. The second kappa shape index (κ2) is 45.9. The van der Waals surface area contributed by atoms with Crippen LogP contribution in [0.5, 0.6) is 0 Å². The summed E-state index contributed by atoms with van der Waals surface area (Å²) in [5.74, 6) is -0.302. The second-order valence-corrected chi connectivity index (χ2v) is 15.2. The number of primary amides is 2. The quantitative estimate of drug-likeness (QED) is 0.0632. The van der Waals surface area contributed by atoms with E-state index in [0.717, 1.165) is 12.8 Å². The lowest BCUT2D eigenvalue weighted by Gasteiger charge is -2.03. The molecule has 48 heavy (non-hydrogen) atoms. The predicted octanol–water partition coefficient (Wildman–Crippen LogP) is 14.6. The summed E-state index contributed by atoms with van der Waals surface area (Å²) in [6, 6.07) is 0. The molecule has 0 spiro atoms. The fraction of sp³-hybridized carbons (Fsp3) is 0.955. The molecule has 0 aromatic rings. The van der Waals surface area contributed by atoms with Crippen LogP contribution in [0, 0.1) is 0 Å². The fourth-order valence-electron chi connectivity index (χ4n) is 6.76. The van der Waals surface area contributed by atoms with Crippen LogP contribution in [0.25, 0.3) is 0 Å². The topological polar surface area (TPSA) is 86.2 Å². The van der Waals surface area contributed by atoms with Crippen molar-refractivity contribution in [1.29, 1.82) is 0 Å². The molecule has 0 heterocycles. The first kappa shape index (κ1) is 49.1.